The molecule has 1 aliphatic rings. The Morgan fingerprint density at radius 1 is 0.892 bits per heavy atom. The molecule has 186 valence electrons. The minimum Gasteiger partial charge on any atom is -0.486 e. The van der Waals surface area contributed by atoms with Crippen molar-refractivity contribution in [3.05, 3.63) is 78.8 Å². The lowest BCUT2D eigenvalue weighted by molar-refractivity contribution is 0.290. The fraction of sp³-hybridized carbons (Fsp3) is 0.280. The van der Waals surface area contributed by atoms with E-state index in [1.54, 1.807) is 23.3 Å². The third-order valence-corrected chi connectivity index (χ3v) is 6.34. The third-order valence-electron chi connectivity index (χ3n) is 6.34. The summed E-state index contributed by atoms with van der Waals surface area (Å²) in [6, 6.07) is 12.2. The highest BCUT2D eigenvalue weighted by Crippen LogP contribution is 2.25. The Morgan fingerprint density at radius 2 is 1.70 bits per heavy atom. The highest BCUT2D eigenvalue weighted by atomic mass is 16.5. The molecule has 12 nitrogen and oxygen atoms in total. The van der Waals surface area contributed by atoms with E-state index in [2.05, 4.69) is 76.8 Å². The zero-order valence-electron chi connectivity index (χ0n) is 20.3. The van der Waals surface area contributed by atoms with Gasteiger partial charge in [-0.15, -0.1) is 5.10 Å². The Labute approximate surface area is 213 Å². The number of hydrogen-bond donors (Lipinski definition) is 0. The van der Waals surface area contributed by atoms with Gasteiger partial charge in [-0.1, -0.05) is 29.8 Å². The summed E-state index contributed by atoms with van der Waals surface area (Å²) >= 11 is 0. The second kappa shape index (κ2) is 10.1. The molecule has 1 aliphatic heterocycles. The van der Waals surface area contributed by atoms with Crippen LogP contribution < -0.4 is 9.64 Å². The van der Waals surface area contributed by atoms with Gasteiger partial charge >= 0.3 is 0 Å². The van der Waals surface area contributed by atoms with E-state index in [4.69, 9.17) is 4.74 Å². The van der Waals surface area contributed by atoms with Crippen molar-refractivity contribution >= 4 is 5.95 Å². The van der Waals surface area contributed by atoms with Crippen LogP contribution in [0, 0.1) is 6.92 Å². The van der Waals surface area contributed by atoms with Crippen LogP contribution in [0.3, 0.4) is 0 Å². The van der Waals surface area contributed by atoms with Gasteiger partial charge in [-0.3, -0.25) is 0 Å². The Morgan fingerprint density at radius 3 is 2.41 bits per heavy atom. The highest BCUT2D eigenvalue weighted by Gasteiger charge is 2.24. The number of benzene rings is 1. The molecule has 1 aromatic carbocycles. The molecule has 6 rings (SSSR count). The van der Waals surface area contributed by atoms with Gasteiger partial charge in [-0.25, -0.2) is 15.0 Å². The number of piperidine rings is 1. The van der Waals surface area contributed by atoms with E-state index in [0.29, 0.717) is 18.2 Å². The van der Waals surface area contributed by atoms with Crippen LogP contribution in [0.25, 0.3) is 16.9 Å². The number of rotatable bonds is 7. The quantitative estimate of drug-likeness (QED) is 0.333. The Bertz CT molecular complexity index is 1420. The number of anilines is 1. The van der Waals surface area contributed by atoms with Gasteiger partial charge in [0.25, 0.3) is 0 Å². The zero-order valence-corrected chi connectivity index (χ0v) is 20.3. The van der Waals surface area contributed by atoms with E-state index in [1.165, 1.54) is 16.6 Å². The van der Waals surface area contributed by atoms with E-state index in [0.717, 1.165) is 48.7 Å². The molecule has 5 aromatic rings. The first kappa shape index (κ1) is 22.7. The van der Waals surface area contributed by atoms with E-state index in [-0.39, 0.29) is 6.04 Å². The summed E-state index contributed by atoms with van der Waals surface area (Å²) < 4.78 is 7.30. The largest absolute Gasteiger partial charge is 0.486 e. The molecule has 1 fully saturated rings. The van der Waals surface area contributed by atoms with Gasteiger partial charge in [-0.05, 0) is 47.9 Å². The first-order valence-corrected chi connectivity index (χ1v) is 12.1. The highest BCUT2D eigenvalue weighted by molar-refractivity contribution is 5.62. The lowest BCUT2D eigenvalue weighted by atomic mass is 10.1. The molecule has 0 bridgehead atoms. The number of pyridine rings is 1. The molecule has 12 heteroatoms. The van der Waals surface area contributed by atoms with Gasteiger partial charge in [0, 0.05) is 31.0 Å². The minimum atomic E-state index is 0.231. The Balaban J connectivity index is 1.01. The van der Waals surface area contributed by atoms with Crippen LogP contribution in [0.15, 0.2) is 67.5 Å². The molecule has 0 spiro atoms. The summed E-state index contributed by atoms with van der Waals surface area (Å²) in [5.74, 6) is 2.01. The molecule has 0 aliphatic carbocycles. The van der Waals surface area contributed by atoms with E-state index >= 15 is 0 Å². The average Bonchev–Trinajstić information content (AvgIpc) is 3.66. The Hall–Kier alpha value is -4.74. The van der Waals surface area contributed by atoms with Gasteiger partial charge in [0.05, 0.1) is 18.4 Å². The average molecular weight is 496 g/mol. The number of nitrogens with zero attached hydrogens (tertiary/aromatic N) is 11. The monoisotopic (exact) mass is 495 g/mol. The van der Waals surface area contributed by atoms with Crippen molar-refractivity contribution in [3.63, 3.8) is 0 Å². The Kier molecular flexibility index (Phi) is 6.19. The smallest absolute Gasteiger partial charge is 0.225 e. The molecule has 0 N–H and O–H groups in total. The molecule has 1 saturated heterocycles. The number of hydrogen-bond acceptors (Lipinski definition) is 10. The van der Waals surface area contributed by atoms with Crippen LogP contribution in [0.5, 0.6) is 5.75 Å². The van der Waals surface area contributed by atoms with Crippen LogP contribution in [0.1, 0.15) is 30.1 Å². The molecular weight excluding hydrogens is 470 g/mol. The van der Waals surface area contributed by atoms with Crippen molar-refractivity contribution in [2.24, 2.45) is 0 Å². The van der Waals surface area contributed by atoms with E-state index in [1.807, 2.05) is 18.5 Å². The molecule has 0 saturated carbocycles. The lowest BCUT2D eigenvalue weighted by Crippen LogP contribution is -2.36. The van der Waals surface area contributed by atoms with Crippen LogP contribution in [0.2, 0.25) is 0 Å². The molecule has 0 unspecified atom stereocenters. The second-order valence-corrected chi connectivity index (χ2v) is 8.91. The summed E-state index contributed by atoms with van der Waals surface area (Å²) in [6.45, 7) is 4.09. The van der Waals surface area contributed by atoms with Gasteiger partial charge < -0.3 is 9.64 Å². The first-order chi connectivity index (χ1) is 18.2. The van der Waals surface area contributed by atoms with Crippen LogP contribution in [-0.2, 0) is 6.61 Å². The molecular formula is C25H25N11O. The number of aromatic nitrogens is 10. The third kappa shape index (κ3) is 5.13. The summed E-state index contributed by atoms with van der Waals surface area (Å²) in [7, 11) is 0. The van der Waals surface area contributed by atoms with Crippen LogP contribution in [-0.4, -0.2) is 63.2 Å². The van der Waals surface area contributed by atoms with Crippen molar-refractivity contribution in [2.75, 3.05) is 18.0 Å². The minimum absolute atomic E-state index is 0.231. The molecule has 37 heavy (non-hydrogen) atoms. The summed E-state index contributed by atoms with van der Waals surface area (Å²) in [4.78, 5) is 17.6. The second-order valence-electron chi connectivity index (χ2n) is 8.91. The van der Waals surface area contributed by atoms with E-state index in [9.17, 15) is 0 Å². The summed E-state index contributed by atoms with van der Waals surface area (Å²) in [5.41, 5.74) is 4.15. The maximum atomic E-state index is 5.82. The molecule has 0 radical (unpaired) electrons. The van der Waals surface area contributed by atoms with Crippen molar-refractivity contribution in [2.45, 2.75) is 32.4 Å². The number of aryl methyl sites for hydroxylation is 1. The number of ether oxygens (including phenoxy) is 1. The topological polar surface area (TPSA) is 125 Å². The normalized spacial score (nSPS) is 14.1. The maximum absolute atomic E-state index is 5.82. The molecule has 4 aromatic heterocycles. The van der Waals surface area contributed by atoms with Crippen LogP contribution >= 0.6 is 0 Å². The predicted octanol–water partition coefficient (Wildman–Crippen LogP) is 2.83. The molecule has 5 heterocycles. The summed E-state index contributed by atoms with van der Waals surface area (Å²) in [6.07, 6.45) is 10.5. The SMILES string of the molecule is Cc1ccc(-c2cnc(N3CCC(n4ncc(COc5ccc(-n6cnnn6)nc5)n4)CC3)nc2)cc1. The first-order valence-electron chi connectivity index (χ1n) is 12.1. The fourth-order valence-corrected chi connectivity index (χ4v) is 4.24. The van der Waals surface area contributed by atoms with Gasteiger partial charge in [-0.2, -0.15) is 19.7 Å². The van der Waals surface area contributed by atoms with Gasteiger partial charge in [0.2, 0.25) is 5.95 Å². The van der Waals surface area contributed by atoms with Gasteiger partial charge in [0.15, 0.2) is 5.82 Å². The molecule has 0 amide bonds. The van der Waals surface area contributed by atoms with Crippen molar-refractivity contribution in [1.29, 1.82) is 0 Å². The fourth-order valence-electron chi connectivity index (χ4n) is 4.24. The van der Waals surface area contributed by atoms with Crippen molar-refractivity contribution in [1.82, 2.24) is 50.2 Å². The van der Waals surface area contributed by atoms with Crippen LogP contribution in [0.4, 0.5) is 5.95 Å². The lowest BCUT2D eigenvalue weighted by Gasteiger charge is -2.31. The predicted molar refractivity (Wildman–Crippen MR) is 134 cm³/mol. The zero-order chi connectivity index (χ0) is 25.0. The summed E-state index contributed by atoms with van der Waals surface area (Å²) in [5, 5.41) is 20.2. The van der Waals surface area contributed by atoms with E-state index < -0.39 is 0 Å². The van der Waals surface area contributed by atoms with Gasteiger partial charge in [0.1, 0.15) is 24.4 Å². The van der Waals surface area contributed by atoms with Crippen molar-refractivity contribution in [3.8, 4) is 22.7 Å². The van der Waals surface area contributed by atoms with Crippen molar-refractivity contribution < 1.29 is 4.74 Å². The standard InChI is InChI=1S/C25H25N11O/c1-18-2-4-19(5-3-18)20-12-27-25(28-13-20)34-10-8-22(9-11-34)36-30-14-21(31-36)16-37-23-6-7-24(26-15-23)35-17-29-32-33-35/h2-7,12-15,17,22H,8-11,16H2,1H3. The molecule has 0 atom stereocenters. The maximum Gasteiger partial charge on any atom is 0.225 e. The number of tetrazole rings is 1.